The van der Waals surface area contributed by atoms with E-state index in [2.05, 4.69) is 10.3 Å². The first-order valence-corrected chi connectivity index (χ1v) is 5.67. The van der Waals surface area contributed by atoms with Crippen molar-refractivity contribution in [2.24, 2.45) is 5.41 Å². The lowest BCUT2D eigenvalue weighted by atomic mass is 9.94. The topological polar surface area (TPSA) is 51.2 Å². The minimum atomic E-state index is -0.495. The van der Waals surface area contributed by atoms with Crippen molar-refractivity contribution in [2.45, 2.75) is 20.4 Å². The molecule has 15 heavy (non-hydrogen) atoms. The molecule has 0 saturated heterocycles. The summed E-state index contributed by atoms with van der Waals surface area (Å²) >= 11 is 1.57. The van der Waals surface area contributed by atoms with Crippen LogP contribution < -0.4 is 5.32 Å². The van der Waals surface area contributed by atoms with E-state index in [9.17, 15) is 4.79 Å². The highest BCUT2D eigenvalue weighted by molar-refractivity contribution is 7.07. The molecule has 0 amide bonds. The van der Waals surface area contributed by atoms with Gasteiger partial charge in [0.1, 0.15) is 0 Å². The molecule has 1 N–H and O–H groups in total. The van der Waals surface area contributed by atoms with Crippen LogP contribution in [0.3, 0.4) is 0 Å². The molecular weight excluding hydrogens is 212 g/mol. The van der Waals surface area contributed by atoms with E-state index in [1.54, 1.807) is 16.8 Å². The van der Waals surface area contributed by atoms with Gasteiger partial charge in [-0.25, -0.2) is 4.98 Å². The number of nitrogens with zero attached hydrogens (tertiary/aromatic N) is 1. The fourth-order valence-electron chi connectivity index (χ4n) is 1.18. The van der Waals surface area contributed by atoms with Crippen LogP contribution in [0.25, 0.3) is 0 Å². The molecule has 0 aliphatic rings. The highest BCUT2D eigenvalue weighted by Crippen LogP contribution is 2.15. The predicted octanol–water partition coefficient (Wildman–Crippen LogP) is 1.43. The maximum Gasteiger partial charge on any atom is 0.312 e. The quantitative estimate of drug-likeness (QED) is 0.775. The van der Waals surface area contributed by atoms with Gasteiger partial charge in [0, 0.05) is 18.5 Å². The number of ether oxygens (including phenoxy) is 1. The zero-order chi connectivity index (χ0) is 11.3. The summed E-state index contributed by atoms with van der Waals surface area (Å²) in [4.78, 5) is 15.5. The van der Waals surface area contributed by atoms with Crippen molar-refractivity contribution in [3.05, 3.63) is 16.6 Å². The average Bonchev–Trinajstić information content (AvgIpc) is 2.69. The largest absolute Gasteiger partial charge is 0.469 e. The van der Waals surface area contributed by atoms with Gasteiger partial charge in [0.15, 0.2) is 0 Å². The highest BCUT2D eigenvalue weighted by Gasteiger charge is 2.27. The van der Waals surface area contributed by atoms with Crippen LogP contribution in [-0.2, 0) is 16.1 Å². The van der Waals surface area contributed by atoms with Crippen LogP contribution in [-0.4, -0.2) is 24.6 Å². The monoisotopic (exact) mass is 228 g/mol. The maximum atomic E-state index is 11.4. The van der Waals surface area contributed by atoms with Gasteiger partial charge in [0.05, 0.1) is 23.7 Å². The molecule has 1 aromatic heterocycles. The van der Waals surface area contributed by atoms with Crippen LogP contribution in [0, 0.1) is 5.41 Å². The number of nitrogens with one attached hydrogen (secondary N) is 1. The number of thiazole rings is 1. The predicted molar refractivity (Wildman–Crippen MR) is 59.6 cm³/mol. The Hall–Kier alpha value is -0.940. The van der Waals surface area contributed by atoms with E-state index in [-0.39, 0.29) is 5.97 Å². The van der Waals surface area contributed by atoms with Crippen LogP contribution in [0.1, 0.15) is 19.5 Å². The van der Waals surface area contributed by atoms with Gasteiger partial charge in [-0.05, 0) is 13.8 Å². The smallest absolute Gasteiger partial charge is 0.312 e. The van der Waals surface area contributed by atoms with Crippen molar-refractivity contribution >= 4 is 17.3 Å². The van der Waals surface area contributed by atoms with Gasteiger partial charge in [-0.1, -0.05) is 0 Å². The number of esters is 1. The first-order chi connectivity index (χ1) is 7.06. The number of aromatic nitrogens is 1. The molecule has 0 spiro atoms. The van der Waals surface area contributed by atoms with Gasteiger partial charge in [-0.2, -0.15) is 0 Å². The van der Waals surface area contributed by atoms with Crippen molar-refractivity contribution in [1.82, 2.24) is 10.3 Å². The Bertz CT molecular complexity index is 309. The molecule has 0 bridgehead atoms. The zero-order valence-corrected chi connectivity index (χ0v) is 10.1. The molecule has 1 rings (SSSR count). The molecule has 0 aliphatic carbocycles. The number of hydrogen-bond acceptors (Lipinski definition) is 5. The van der Waals surface area contributed by atoms with Crippen molar-refractivity contribution in [2.75, 3.05) is 13.7 Å². The second-order valence-electron chi connectivity index (χ2n) is 3.96. The van der Waals surface area contributed by atoms with Gasteiger partial charge < -0.3 is 10.1 Å². The van der Waals surface area contributed by atoms with E-state index in [1.165, 1.54) is 7.11 Å². The Kier molecular flexibility index (Phi) is 4.23. The van der Waals surface area contributed by atoms with E-state index >= 15 is 0 Å². The van der Waals surface area contributed by atoms with Gasteiger partial charge in [0.25, 0.3) is 0 Å². The molecule has 1 aromatic rings. The first kappa shape index (κ1) is 12.1. The summed E-state index contributed by atoms with van der Waals surface area (Å²) in [5.41, 5.74) is 2.30. The summed E-state index contributed by atoms with van der Waals surface area (Å²) in [5.74, 6) is -0.201. The Morgan fingerprint density at radius 2 is 2.40 bits per heavy atom. The Balaban J connectivity index is 2.33. The van der Waals surface area contributed by atoms with E-state index in [0.717, 1.165) is 5.69 Å². The molecule has 1 heterocycles. The van der Waals surface area contributed by atoms with Gasteiger partial charge in [-0.15, -0.1) is 11.3 Å². The molecule has 5 heteroatoms. The fourth-order valence-corrected chi connectivity index (χ4v) is 1.73. The SMILES string of the molecule is COC(=O)C(C)(C)CNCc1cscn1. The Labute approximate surface area is 93.7 Å². The third kappa shape index (κ3) is 3.60. The number of rotatable bonds is 5. The van der Waals surface area contributed by atoms with Crippen LogP contribution >= 0.6 is 11.3 Å². The summed E-state index contributed by atoms with van der Waals surface area (Å²) in [6.07, 6.45) is 0. The molecular formula is C10H16N2O2S. The molecule has 0 atom stereocenters. The summed E-state index contributed by atoms with van der Waals surface area (Å²) in [6.45, 7) is 4.97. The average molecular weight is 228 g/mol. The van der Waals surface area contributed by atoms with Crippen LogP contribution in [0.4, 0.5) is 0 Å². The van der Waals surface area contributed by atoms with Crippen molar-refractivity contribution < 1.29 is 9.53 Å². The van der Waals surface area contributed by atoms with Crippen molar-refractivity contribution in [3.8, 4) is 0 Å². The lowest BCUT2D eigenvalue weighted by Crippen LogP contribution is -2.36. The standard InChI is InChI=1S/C10H16N2O2S/c1-10(2,9(13)14-3)6-11-4-8-5-15-7-12-8/h5,7,11H,4,6H2,1-3H3. The molecule has 84 valence electrons. The minimum Gasteiger partial charge on any atom is -0.469 e. The zero-order valence-electron chi connectivity index (χ0n) is 9.24. The van der Waals surface area contributed by atoms with Crippen molar-refractivity contribution in [3.63, 3.8) is 0 Å². The number of carbonyl (C=O) groups is 1. The van der Waals surface area contributed by atoms with Gasteiger partial charge in [0.2, 0.25) is 0 Å². The second-order valence-corrected chi connectivity index (χ2v) is 4.68. The van der Waals surface area contributed by atoms with E-state index < -0.39 is 5.41 Å². The minimum absolute atomic E-state index is 0.201. The third-order valence-corrected chi connectivity index (χ3v) is 2.73. The lowest BCUT2D eigenvalue weighted by Gasteiger charge is -2.21. The van der Waals surface area contributed by atoms with E-state index in [1.807, 2.05) is 19.2 Å². The number of hydrogen-bond donors (Lipinski definition) is 1. The van der Waals surface area contributed by atoms with Crippen LogP contribution in [0.15, 0.2) is 10.9 Å². The molecule has 0 fully saturated rings. The molecule has 0 aromatic carbocycles. The van der Waals surface area contributed by atoms with E-state index in [0.29, 0.717) is 13.1 Å². The van der Waals surface area contributed by atoms with Crippen molar-refractivity contribution in [1.29, 1.82) is 0 Å². The van der Waals surface area contributed by atoms with Crippen LogP contribution in [0.2, 0.25) is 0 Å². The molecule has 0 radical (unpaired) electrons. The second kappa shape index (κ2) is 5.23. The maximum absolute atomic E-state index is 11.4. The fraction of sp³-hybridized carbons (Fsp3) is 0.600. The van der Waals surface area contributed by atoms with Gasteiger partial charge in [-0.3, -0.25) is 4.79 Å². The third-order valence-electron chi connectivity index (χ3n) is 2.09. The molecule has 0 unspecified atom stereocenters. The molecule has 0 saturated carbocycles. The highest BCUT2D eigenvalue weighted by atomic mass is 32.1. The lowest BCUT2D eigenvalue weighted by molar-refractivity contribution is -0.150. The normalized spacial score (nSPS) is 11.4. The number of carbonyl (C=O) groups excluding carboxylic acids is 1. The molecule has 4 nitrogen and oxygen atoms in total. The van der Waals surface area contributed by atoms with Crippen LogP contribution in [0.5, 0.6) is 0 Å². The summed E-state index contributed by atoms with van der Waals surface area (Å²) < 4.78 is 4.71. The van der Waals surface area contributed by atoms with Gasteiger partial charge >= 0.3 is 5.97 Å². The first-order valence-electron chi connectivity index (χ1n) is 4.72. The number of methoxy groups -OCH3 is 1. The summed E-state index contributed by atoms with van der Waals surface area (Å²) in [7, 11) is 1.41. The molecule has 0 aliphatic heterocycles. The summed E-state index contributed by atoms with van der Waals surface area (Å²) in [6, 6.07) is 0. The Morgan fingerprint density at radius 1 is 1.67 bits per heavy atom. The Morgan fingerprint density at radius 3 is 2.93 bits per heavy atom. The van der Waals surface area contributed by atoms with E-state index in [4.69, 9.17) is 4.74 Å². The summed E-state index contributed by atoms with van der Waals surface area (Å²) in [5, 5.41) is 5.17.